The van der Waals surface area contributed by atoms with Crippen LogP contribution in [0.1, 0.15) is 32.1 Å². The zero-order valence-electron chi connectivity index (χ0n) is 15.6. The van der Waals surface area contributed by atoms with Gasteiger partial charge < -0.3 is 15.4 Å². The lowest BCUT2D eigenvalue weighted by molar-refractivity contribution is 0.0600. The van der Waals surface area contributed by atoms with Crippen molar-refractivity contribution in [3.63, 3.8) is 0 Å². The fourth-order valence-corrected chi connectivity index (χ4v) is 2.58. The number of amides is 1. The molecule has 0 radical (unpaired) electrons. The predicted molar refractivity (Wildman–Crippen MR) is 106 cm³/mol. The molecule has 0 fully saturated rings. The molecule has 1 heterocycles. The first-order valence-corrected chi connectivity index (χ1v) is 8.68. The van der Waals surface area contributed by atoms with E-state index in [1.165, 1.54) is 7.11 Å². The van der Waals surface area contributed by atoms with Crippen LogP contribution in [-0.4, -0.2) is 29.0 Å². The maximum atomic E-state index is 12.6. The van der Waals surface area contributed by atoms with Crippen molar-refractivity contribution in [2.75, 3.05) is 17.7 Å². The molecule has 0 atom stereocenters. The number of hydrogen-bond acceptors (Lipinski definition) is 6. The van der Waals surface area contributed by atoms with E-state index in [1.807, 2.05) is 30.3 Å². The molecule has 1 amide bonds. The average Bonchev–Trinajstić information content (AvgIpc) is 2.72. The van der Waals surface area contributed by atoms with Gasteiger partial charge in [-0.25, -0.2) is 14.8 Å². The molecule has 0 bridgehead atoms. The van der Waals surface area contributed by atoms with Crippen molar-refractivity contribution in [1.29, 1.82) is 0 Å². The Morgan fingerprint density at radius 1 is 1.00 bits per heavy atom. The number of nitrogens with one attached hydrogen (secondary N) is 2. The minimum Gasteiger partial charge on any atom is -0.465 e. The largest absolute Gasteiger partial charge is 0.465 e. The van der Waals surface area contributed by atoms with E-state index in [0.717, 1.165) is 5.56 Å². The molecule has 0 spiro atoms. The van der Waals surface area contributed by atoms with Crippen LogP contribution in [0.15, 0.2) is 60.7 Å². The molecule has 2 N–H and O–H groups in total. The maximum absolute atomic E-state index is 12.6. The lowest BCUT2D eigenvalue weighted by atomic mass is 10.2. The molecular weight excluding hydrogens is 356 g/mol. The fourth-order valence-electron chi connectivity index (χ4n) is 2.58. The zero-order valence-corrected chi connectivity index (χ0v) is 15.6. The Balaban J connectivity index is 1.73. The molecule has 28 heavy (non-hydrogen) atoms. The minimum atomic E-state index is -0.471. The number of carbonyl (C=O) groups excluding carboxylic acids is 2. The minimum absolute atomic E-state index is 0.228. The molecule has 0 saturated heterocycles. The van der Waals surface area contributed by atoms with E-state index in [0.29, 0.717) is 29.4 Å². The maximum Gasteiger partial charge on any atom is 0.337 e. The highest BCUT2D eigenvalue weighted by Crippen LogP contribution is 2.14. The van der Waals surface area contributed by atoms with E-state index in [-0.39, 0.29) is 5.69 Å². The van der Waals surface area contributed by atoms with Gasteiger partial charge in [0.15, 0.2) is 0 Å². The van der Waals surface area contributed by atoms with E-state index in [4.69, 9.17) is 4.74 Å². The third-order valence-electron chi connectivity index (χ3n) is 3.92. The Hall–Kier alpha value is -3.74. The van der Waals surface area contributed by atoms with Gasteiger partial charge in [-0.2, -0.15) is 0 Å². The van der Waals surface area contributed by atoms with Crippen molar-refractivity contribution in [2.24, 2.45) is 0 Å². The summed E-state index contributed by atoms with van der Waals surface area (Å²) in [4.78, 5) is 32.8. The first-order valence-electron chi connectivity index (χ1n) is 8.68. The van der Waals surface area contributed by atoms with Gasteiger partial charge >= 0.3 is 5.97 Å². The van der Waals surface area contributed by atoms with E-state index < -0.39 is 11.9 Å². The van der Waals surface area contributed by atoms with Crippen LogP contribution in [0.2, 0.25) is 0 Å². The third-order valence-corrected chi connectivity index (χ3v) is 3.92. The van der Waals surface area contributed by atoms with E-state index in [1.54, 1.807) is 37.3 Å². The second-order valence-corrected chi connectivity index (χ2v) is 6.08. The third kappa shape index (κ3) is 4.91. The monoisotopic (exact) mass is 376 g/mol. The molecule has 0 unspecified atom stereocenters. The van der Waals surface area contributed by atoms with Gasteiger partial charge in [-0.05, 0) is 36.8 Å². The van der Waals surface area contributed by atoms with Gasteiger partial charge in [-0.15, -0.1) is 0 Å². The van der Waals surface area contributed by atoms with Crippen molar-refractivity contribution < 1.29 is 14.3 Å². The molecule has 0 aliphatic rings. The predicted octanol–water partition coefficient (Wildman–Crippen LogP) is 3.44. The zero-order chi connectivity index (χ0) is 19.9. The number of methoxy groups -OCH3 is 1. The number of carbonyl (C=O) groups is 2. The van der Waals surface area contributed by atoms with Gasteiger partial charge in [-0.1, -0.05) is 36.4 Å². The van der Waals surface area contributed by atoms with Crippen LogP contribution in [-0.2, 0) is 11.3 Å². The van der Waals surface area contributed by atoms with E-state index >= 15 is 0 Å². The number of ether oxygens (including phenoxy) is 1. The van der Waals surface area contributed by atoms with Gasteiger partial charge in [0.2, 0.25) is 5.95 Å². The highest BCUT2D eigenvalue weighted by Gasteiger charge is 2.12. The standard InChI is InChI=1S/C21H20N4O3/c1-14-11-18(25-21(23-14)22-13-15-7-4-3-5-8-15)19(26)24-17-10-6-9-16(12-17)20(27)28-2/h3-12H,13H2,1-2H3,(H,24,26)(H,22,23,25). The van der Waals surface area contributed by atoms with Crippen molar-refractivity contribution in [1.82, 2.24) is 9.97 Å². The normalized spacial score (nSPS) is 10.2. The summed E-state index contributed by atoms with van der Waals surface area (Å²) in [7, 11) is 1.31. The Morgan fingerprint density at radius 2 is 1.79 bits per heavy atom. The van der Waals surface area contributed by atoms with Gasteiger partial charge in [0, 0.05) is 17.9 Å². The number of hydrogen-bond donors (Lipinski definition) is 2. The summed E-state index contributed by atoms with van der Waals surface area (Å²) in [5, 5.41) is 5.87. The molecule has 0 saturated carbocycles. The summed E-state index contributed by atoms with van der Waals surface area (Å²) in [6, 6.07) is 18.0. The van der Waals surface area contributed by atoms with Crippen LogP contribution in [0.25, 0.3) is 0 Å². The van der Waals surface area contributed by atoms with Crippen LogP contribution in [0, 0.1) is 6.92 Å². The molecule has 7 nitrogen and oxygen atoms in total. The molecule has 3 rings (SSSR count). The summed E-state index contributed by atoms with van der Waals surface area (Å²) < 4.78 is 4.70. The average molecular weight is 376 g/mol. The van der Waals surface area contributed by atoms with E-state index in [9.17, 15) is 9.59 Å². The molecule has 0 aliphatic carbocycles. The summed E-state index contributed by atoms with van der Waals surface area (Å²) >= 11 is 0. The van der Waals surface area contributed by atoms with Crippen molar-refractivity contribution >= 4 is 23.5 Å². The Morgan fingerprint density at radius 3 is 2.54 bits per heavy atom. The number of aryl methyl sites for hydroxylation is 1. The Kier molecular flexibility index (Phi) is 5.96. The molecule has 2 aromatic carbocycles. The summed E-state index contributed by atoms with van der Waals surface area (Å²) in [5.41, 5.74) is 2.80. The first kappa shape index (κ1) is 19.0. The van der Waals surface area contributed by atoms with Gasteiger partial charge in [0.05, 0.1) is 12.7 Å². The SMILES string of the molecule is COC(=O)c1cccc(NC(=O)c2cc(C)nc(NCc3ccccc3)n2)c1. The molecule has 3 aromatic rings. The highest BCUT2D eigenvalue weighted by molar-refractivity contribution is 6.03. The number of benzene rings is 2. The lowest BCUT2D eigenvalue weighted by Gasteiger charge is -2.09. The van der Waals surface area contributed by atoms with Crippen molar-refractivity contribution in [3.05, 3.63) is 83.2 Å². The van der Waals surface area contributed by atoms with Crippen LogP contribution in [0.4, 0.5) is 11.6 Å². The van der Waals surface area contributed by atoms with Gasteiger partial charge in [0.25, 0.3) is 5.91 Å². The molecular formula is C21H20N4O3. The molecule has 1 aromatic heterocycles. The number of aromatic nitrogens is 2. The summed E-state index contributed by atoms with van der Waals surface area (Å²) in [6.07, 6.45) is 0. The second-order valence-electron chi connectivity index (χ2n) is 6.08. The van der Waals surface area contributed by atoms with E-state index in [2.05, 4.69) is 20.6 Å². The summed E-state index contributed by atoms with van der Waals surface area (Å²) in [5.74, 6) is -0.492. The quantitative estimate of drug-likeness (QED) is 0.640. The molecule has 142 valence electrons. The summed E-state index contributed by atoms with van der Waals surface area (Å²) in [6.45, 7) is 2.34. The molecule has 7 heteroatoms. The highest BCUT2D eigenvalue weighted by atomic mass is 16.5. The van der Waals surface area contributed by atoms with Crippen LogP contribution >= 0.6 is 0 Å². The van der Waals surface area contributed by atoms with Crippen LogP contribution in [0.5, 0.6) is 0 Å². The number of esters is 1. The second kappa shape index (κ2) is 8.77. The molecule has 0 aliphatic heterocycles. The smallest absolute Gasteiger partial charge is 0.337 e. The van der Waals surface area contributed by atoms with Crippen molar-refractivity contribution in [2.45, 2.75) is 13.5 Å². The fraction of sp³-hybridized carbons (Fsp3) is 0.143. The Bertz CT molecular complexity index is 990. The van der Waals surface area contributed by atoms with Crippen molar-refractivity contribution in [3.8, 4) is 0 Å². The first-order chi connectivity index (χ1) is 13.5. The lowest BCUT2D eigenvalue weighted by Crippen LogP contribution is -2.16. The van der Waals surface area contributed by atoms with Gasteiger partial charge in [-0.3, -0.25) is 4.79 Å². The van der Waals surface area contributed by atoms with Crippen LogP contribution < -0.4 is 10.6 Å². The van der Waals surface area contributed by atoms with Gasteiger partial charge in [0.1, 0.15) is 5.69 Å². The van der Waals surface area contributed by atoms with Crippen LogP contribution in [0.3, 0.4) is 0 Å². The topological polar surface area (TPSA) is 93.2 Å². The Labute approximate surface area is 162 Å². The number of rotatable bonds is 6. The number of anilines is 2. The number of nitrogens with zero attached hydrogens (tertiary/aromatic N) is 2.